The summed E-state index contributed by atoms with van der Waals surface area (Å²) in [4.78, 5) is 0. The quantitative estimate of drug-likeness (QED) is 0.825. The largest absolute Gasteiger partial charge is 0.308 e. The summed E-state index contributed by atoms with van der Waals surface area (Å²) in [5, 5.41) is 7.87. The third-order valence-electron chi connectivity index (χ3n) is 3.20. The van der Waals surface area contributed by atoms with Gasteiger partial charge < -0.3 is 5.32 Å². The summed E-state index contributed by atoms with van der Waals surface area (Å²) in [5.74, 6) is 0.683. The van der Waals surface area contributed by atoms with E-state index in [2.05, 4.69) is 54.6 Å². The van der Waals surface area contributed by atoms with Crippen molar-refractivity contribution in [3.8, 4) is 0 Å². The monoisotopic (exact) mass is 257 g/mol. The number of aromatic nitrogens is 2. The van der Waals surface area contributed by atoms with Gasteiger partial charge in [0.25, 0.3) is 0 Å². The lowest BCUT2D eigenvalue weighted by Crippen LogP contribution is -2.26. The van der Waals surface area contributed by atoms with Gasteiger partial charge in [0.2, 0.25) is 0 Å². The van der Waals surface area contributed by atoms with Crippen molar-refractivity contribution in [2.45, 2.75) is 32.9 Å². The van der Waals surface area contributed by atoms with Crippen molar-refractivity contribution >= 4 is 0 Å². The summed E-state index contributed by atoms with van der Waals surface area (Å²) in [6.45, 7) is 6.39. The van der Waals surface area contributed by atoms with E-state index in [1.54, 1.807) is 0 Å². The van der Waals surface area contributed by atoms with E-state index in [0.29, 0.717) is 12.0 Å². The molecule has 3 nitrogen and oxygen atoms in total. The summed E-state index contributed by atoms with van der Waals surface area (Å²) in [6, 6.07) is 13.1. The number of hydrogen-bond donors (Lipinski definition) is 1. The molecule has 0 aliphatic heterocycles. The van der Waals surface area contributed by atoms with Gasteiger partial charge in [-0.05, 0) is 24.0 Å². The topological polar surface area (TPSA) is 29.9 Å². The molecule has 1 aromatic heterocycles. The van der Waals surface area contributed by atoms with Gasteiger partial charge in [-0.15, -0.1) is 0 Å². The van der Waals surface area contributed by atoms with Gasteiger partial charge in [-0.1, -0.05) is 44.2 Å². The summed E-state index contributed by atoms with van der Waals surface area (Å²) >= 11 is 0. The van der Waals surface area contributed by atoms with Crippen LogP contribution < -0.4 is 5.32 Å². The third kappa shape index (κ3) is 4.52. The van der Waals surface area contributed by atoms with Crippen molar-refractivity contribution in [1.82, 2.24) is 15.1 Å². The zero-order valence-electron chi connectivity index (χ0n) is 11.8. The van der Waals surface area contributed by atoms with Gasteiger partial charge in [0.05, 0.1) is 6.54 Å². The highest BCUT2D eigenvalue weighted by atomic mass is 15.3. The molecular formula is C16H23N3. The predicted molar refractivity (Wildman–Crippen MR) is 78.9 cm³/mol. The molecule has 0 saturated carbocycles. The molecule has 1 unspecified atom stereocenters. The Bertz CT molecular complexity index is 448. The molecule has 1 atom stereocenters. The van der Waals surface area contributed by atoms with E-state index < -0.39 is 0 Å². The highest BCUT2D eigenvalue weighted by Gasteiger charge is 2.12. The highest BCUT2D eigenvalue weighted by molar-refractivity contribution is 5.18. The molecule has 1 N–H and O–H groups in total. The SMILES string of the molecule is CC(C)CC(NCCn1cccn1)c1ccccc1. The number of nitrogens with zero attached hydrogens (tertiary/aromatic N) is 2. The van der Waals surface area contributed by atoms with Crippen LogP contribution in [0.15, 0.2) is 48.8 Å². The first-order valence-corrected chi connectivity index (χ1v) is 7.01. The van der Waals surface area contributed by atoms with Crippen LogP contribution in [0, 0.1) is 5.92 Å². The first kappa shape index (κ1) is 13.8. The van der Waals surface area contributed by atoms with Crippen LogP contribution in [0.3, 0.4) is 0 Å². The van der Waals surface area contributed by atoms with Crippen molar-refractivity contribution in [3.05, 3.63) is 54.4 Å². The highest BCUT2D eigenvalue weighted by Crippen LogP contribution is 2.20. The van der Waals surface area contributed by atoms with Crippen molar-refractivity contribution in [2.24, 2.45) is 5.92 Å². The number of rotatable bonds is 7. The minimum Gasteiger partial charge on any atom is -0.308 e. The van der Waals surface area contributed by atoms with Crippen LogP contribution in [0.4, 0.5) is 0 Å². The van der Waals surface area contributed by atoms with E-state index in [1.807, 2.05) is 23.1 Å². The van der Waals surface area contributed by atoms with Crippen LogP contribution in [0.1, 0.15) is 31.9 Å². The molecule has 0 saturated heterocycles. The van der Waals surface area contributed by atoms with Crippen LogP contribution in [0.25, 0.3) is 0 Å². The third-order valence-corrected chi connectivity index (χ3v) is 3.20. The number of benzene rings is 1. The Morgan fingerprint density at radius 3 is 2.58 bits per heavy atom. The second kappa shape index (κ2) is 7.10. The van der Waals surface area contributed by atoms with Crippen molar-refractivity contribution in [1.29, 1.82) is 0 Å². The van der Waals surface area contributed by atoms with Crippen LogP contribution in [0.2, 0.25) is 0 Å². The molecule has 3 heteroatoms. The van der Waals surface area contributed by atoms with Crippen LogP contribution in [-0.2, 0) is 6.54 Å². The van der Waals surface area contributed by atoms with Gasteiger partial charge in [0.1, 0.15) is 0 Å². The van der Waals surface area contributed by atoms with E-state index in [-0.39, 0.29) is 0 Å². The fourth-order valence-corrected chi connectivity index (χ4v) is 2.28. The average molecular weight is 257 g/mol. The average Bonchev–Trinajstić information content (AvgIpc) is 2.91. The Morgan fingerprint density at radius 1 is 1.16 bits per heavy atom. The predicted octanol–water partition coefficient (Wildman–Crippen LogP) is 3.26. The first-order valence-electron chi connectivity index (χ1n) is 7.01. The molecule has 0 aliphatic rings. The summed E-state index contributed by atoms with van der Waals surface area (Å²) in [5.41, 5.74) is 1.37. The standard InChI is InChI=1S/C16H23N3/c1-14(2)13-16(15-7-4-3-5-8-15)17-10-12-19-11-6-9-18-19/h3-9,11,14,16-17H,10,12-13H2,1-2H3. The molecule has 2 aromatic rings. The van der Waals surface area contributed by atoms with E-state index in [1.165, 1.54) is 5.56 Å². The first-order chi connectivity index (χ1) is 9.25. The minimum absolute atomic E-state index is 0.428. The second-order valence-electron chi connectivity index (χ2n) is 5.32. The summed E-state index contributed by atoms with van der Waals surface area (Å²) < 4.78 is 1.96. The smallest absolute Gasteiger partial charge is 0.0534 e. The molecule has 0 fully saturated rings. The Balaban J connectivity index is 1.91. The lowest BCUT2D eigenvalue weighted by molar-refractivity contribution is 0.414. The Labute approximate surface area is 115 Å². The van der Waals surface area contributed by atoms with Crippen LogP contribution in [-0.4, -0.2) is 16.3 Å². The van der Waals surface area contributed by atoms with Gasteiger partial charge >= 0.3 is 0 Å². The summed E-state index contributed by atoms with van der Waals surface area (Å²) in [7, 11) is 0. The van der Waals surface area contributed by atoms with Crippen molar-refractivity contribution in [2.75, 3.05) is 6.54 Å². The fraction of sp³-hybridized carbons (Fsp3) is 0.438. The van der Waals surface area contributed by atoms with Crippen molar-refractivity contribution in [3.63, 3.8) is 0 Å². The van der Waals surface area contributed by atoms with Crippen LogP contribution >= 0.6 is 0 Å². The molecular weight excluding hydrogens is 234 g/mol. The molecule has 19 heavy (non-hydrogen) atoms. The molecule has 0 aliphatic carbocycles. The normalized spacial score (nSPS) is 12.8. The second-order valence-corrected chi connectivity index (χ2v) is 5.32. The molecule has 1 aromatic carbocycles. The van der Waals surface area contributed by atoms with Gasteiger partial charge in [0.15, 0.2) is 0 Å². The molecule has 0 radical (unpaired) electrons. The number of nitrogens with one attached hydrogen (secondary N) is 1. The Hall–Kier alpha value is -1.61. The van der Waals surface area contributed by atoms with E-state index in [0.717, 1.165) is 19.5 Å². The molecule has 102 valence electrons. The fourth-order valence-electron chi connectivity index (χ4n) is 2.28. The maximum Gasteiger partial charge on any atom is 0.0534 e. The zero-order chi connectivity index (χ0) is 13.5. The molecule has 2 rings (SSSR count). The Kier molecular flexibility index (Phi) is 5.16. The lowest BCUT2D eigenvalue weighted by atomic mass is 9.97. The zero-order valence-corrected chi connectivity index (χ0v) is 11.8. The van der Waals surface area contributed by atoms with E-state index in [9.17, 15) is 0 Å². The van der Waals surface area contributed by atoms with Gasteiger partial charge in [-0.3, -0.25) is 4.68 Å². The Morgan fingerprint density at radius 2 is 1.95 bits per heavy atom. The maximum absolute atomic E-state index is 4.22. The van der Waals surface area contributed by atoms with Gasteiger partial charge in [-0.2, -0.15) is 5.10 Å². The van der Waals surface area contributed by atoms with Gasteiger partial charge in [-0.25, -0.2) is 0 Å². The van der Waals surface area contributed by atoms with Crippen LogP contribution in [0.5, 0.6) is 0 Å². The lowest BCUT2D eigenvalue weighted by Gasteiger charge is -2.21. The van der Waals surface area contributed by atoms with E-state index >= 15 is 0 Å². The van der Waals surface area contributed by atoms with E-state index in [4.69, 9.17) is 0 Å². The molecule has 0 bridgehead atoms. The summed E-state index contributed by atoms with van der Waals surface area (Å²) in [6.07, 6.45) is 4.98. The minimum atomic E-state index is 0.428. The molecule has 0 spiro atoms. The van der Waals surface area contributed by atoms with Gasteiger partial charge in [0, 0.05) is 25.0 Å². The molecule has 1 heterocycles. The molecule has 0 amide bonds. The van der Waals surface area contributed by atoms with Crippen molar-refractivity contribution < 1.29 is 0 Å². The number of hydrogen-bond acceptors (Lipinski definition) is 2. The maximum atomic E-state index is 4.22.